The number of hydrogen-bond acceptors (Lipinski definition) is 5. The summed E-state index contributed by atoms with van der Waals surface area (Å²) in [6, 6.07) is 12.4. The van der Waals surface area contributed by atoms with Gasteiger partial charge in [0.05, 0.1) is 7.11 Å². The minimum atomic E-state index is -0.232. The zero-order chi connectivity index (χ0) is 19.4. The Labute approximate surface area is 158 Å². The maximum Gasteiger partial charge on any atom is 0.128 e. The van der Waals surface area contributed by atoms with Crippen LogP contribution in [0.4, 0.5) is 10.1 Å². The third kappa shape index (κ3) is 3.79. The van der Waals surface area contributed by atoms with E-state index in [0.29, 0.717) is 17.9 Å². The number of hydrogen-bond donors (Lipinski definition) is 2. The number of nitrogens with one attached hydrogen (secondary N) is 1. The highest BCUT2D eigenvalue weighted by Crippen LogP contribution is 2.33. The first-order valence-electron chi connectivity index (χ1n) is 8.64. The van der Waals surface area contributed by atoms with Gasteiger partial charge in [0.25, 0.3) is 0 Å². The fourth-order valence-corrected chi connectivity index (χ4v) is 3.26. The molecule has 2 aromatic carbocycles. The molecule has 140 valence electrons. The molecule has 1 aliphatic heterocycles. The Morgan fingerprint density at radius 2 is 2.11 bits per heavy atom. The second-order valence-corrected chi connectivity index (χ2v) is 6.27. The van der Waals surface area contributed by atoms with E-state index in [0.717, 1.165) is 35.7 Å². The van der Waals surface area contributed by atoms with Gasteiger partial charge in [0.15, 0.2) is 0 Å². The number of halogens is 1. The molecule has 0 atom stereocenters. The lowest BCUT2D eigenvalue weighted by molar-refractivity contribution is 0.391. The van der Waals surface area contributed by atoms with Gasteiger partial charge in [-0.3, -0.25) is 0 Å². The second kappa shape index (κ2) is 7.95. The van der Waals surface area contributed by atoms with Gasteiger partial charge < -0.3 is 25.7 Å². The number of nitrogens with zero attached hydrogens (tertiary/aromatic N) is 2. The number of methoxy groups -OCH3 is 1. The van der Waals surface area contributed by atoms with E-state index in [4.69, 9.17) is 15.9 Å². The molecule has 0 aromatic heterocycles. The van der Waals surface area contributed by atoms with E-state index in [1.54, 1.807) is 19.2 Å². The average molecular weight is 366 g/mol. The molecule has 0 unspecified atom stereocenters. The Hall–Kier alpha value is -3.28. The third-order valence-corrected chi connectivity index (χ3v) is 4.68. The molecule has 3 N–H and O–H groups in total. The Balaban J connectivity index is 1.81. The molecule has 0 spiro atoms. The first-order chi connectivity index (χ1) is 13.1. The normalized spacial score (nSPS) is 14.6. The van der Waals surface area contributed by atoms with Crippen molar-refractivity contribution in [2.45, 2.75) is 6.54 Å². The van der Waals surface area contributed by atoms with E-state index < -0.39 is 0 Å². The van der Waals surface area contributed by atoms with Crippen LogP contribution in [0.3, 0.4) is 0 Å². The van der Waals surface area contributed by atoms with Crippen molar-refractivity contribution >= 4 is 17.5 Å². The predicted octanol–water partition coefficient (Wildman–Crippen LogP) is 3.58. The van der Waals surface area contributed by atoms with E-state index in [-0.39, 0.29) is 5.82 Å². The van der Waals surface area contributed by atoms with Gasteiger partial charge in [0.2, 0.25) is 0 Å². The van der Waals surface area contributed by atoms with Gasteiger partial charge in [-0.1, -0.05) is 18.7 Å². The fraction of sp³-hybridized carbons (Fsp3) is 0.190. The number of ether oxygens (including phenoxy) is 1. The summed E-state index contributed by atoms with van der Waals surface area (Å²) in [5.41, 5.74) is 8.81. The summed E-state index contributed by atoms with van der Waals surface area (Å²) in [4.78, 5) is 4.22. The predicted molar refractivity (Wildman–Crippen MR) is 107 cm³/mol. The SMILES string of the molecule is C=C1N(Cc2cccc(F)c2)CCN1c1ccc(/C(C=N)=C/N)c(OC)c1. The number of nitrogens with two attached hydrogens (primary N) is 1. The summed E-state index contributed by atoms with van der Waals surface area (Å²) in [6.07, 6.45) is 2.59. The van der Waals surface area contributed by atoms with E-state index in [1.807, 2.05) is 24.3 Å². The largest absolute Gasteiger partial charge is 0.496 e. The fourth-order valence-electron chi connectivity index (χ4n) is 3.26. The molecule has 6 heteroatoms. The van der Waals surface area contributed by atoms with E-state index >= 15 is 0 Å². The average Bonchev–Trinajstić information content (AvgIpc) is 3.03. The molecular weight excluding hydrogens is 343 g/mol. The molecule has 1 saturated heterocycles. The molecular formula is C21H23FN4O. The first kappa shape index (κ1) is 18.5. The Morgan fingerprint density at radius 3 is 2.78 bits per heavy atom. The summed E-state index contributed by atoms with van der Waals surface area (Å²) >= 11 is 0. The molecule has 0 radical (unpaired) electrons. The van der Waals surface area contributed by atoms with Crippen molar-refractivity contribution in [3.05, 3.63) is 78.0 Å². The van der Waals surface area contributed by atoms with Crippen molar-refractivity contribution in [3.63, 3.8) is 0 Å². The van der Waals surface area contributed by atoms with Crippen LogP contribution in [0.15, 0.2) is 61.1 Å². The highest BCUT2D eigenvalue weighted by atomic mass is 19.1. The minimum absolute atomic E-state index is 0.232. The monoisotopic (exact) mass is 366 g/mol. The van der Waals surface area contributed by atoms with Crippen molar-refractivity contribution in [2.24, 2.45) is 5.73 Å². The van der Waals surface area contributed by atoms with E-state index in [9.17, 15) is 4.39 Å². The van der Waals surface area contributed by atoms with Crippen molar-refractivity contribution < 1.29 is 9.13 Å². The van der Waals surface area contributed by atoms with Crippen molar-refractivity contribution in [1.82, 2.24) is 4.90 Å². The number of allylic oxidation sites excluding steroid dienone is 1. The topological polar surface area (TPSA) is 65.6 Å². The number of benzene rings is 2. The van der Waals surface area contributed by atoms with E-state index in [1.165, 1.54) is 18.5 Å². The molecule has 1 aliphatic rings. The quantitative estimate of drug-likeness (QED) is 0.767. The van der Waals surface area contributed by atoms with Gasteiger partial charge in [-0.05, 0) is 29.8 Å². The van der Waals surface area contributed by atoms with Crippen molar-refractivity contribution in [3.8, 4) is 5.75 Å². The van der Waals surface area contributed by atoms with E-state index in [2.05, 4.69) is 16.4 Å². The van der Waals surface area contributed by atoms with Crippen LogP contribution in [-0.4, -0.2) is 31.3 Å². The molecule has 0 bridgehead atoms. The summed E-state index contributed by atoms with van der Waals surface area (Å²) in [5, 5.41) is 7.48. The van der Waals surface area contributed by atoms with Crippen LogP contribution in [0.25, 0.3) is 5.57 Å². The second-order valence-electron chi connectivity index (χ2n) is 6.27. The first-order valence-corrected chi connectivity index (χ1v) is 8.64. The molecule has 27 heavy (non-hydrogen) atoms. The lowest BCUT2D eigenvalue weighted by Crippen LogP contribution is -2.21. The van der Waals surface area contributed by atoms with Gasteiger partial charge in [-0.2, -0.15) is 0 Å². The highest BCUT2D eigenvalue weighted by molar-refractivity contribution is 6.09. The third-order valence-electron chi connectivity index (χ3n) is 4.68. The Kier molecular flexibility index (Phi) is 5.45. The summed E-state index contributed by atoms with van der Waals surface area (Å²) in [5.74, 6) is 1.27. The van der Waals surface area contributed by atoms with Crippen LogP contribution < -0.4 is 15.4 Å². The molecule has 3 rings (SSSR count). The summed E-state index contributed by atoms with van der Waals surface area (Å²) in [6.45, 7) is 6.39. The zero-order valence-corrected chi connectivity index (χ0v) is 15.3. The highest BCUT2D eigenvalue weighted by Gasteiger charge is 2.25. The zero-order valence-electron chi connectivity index (χ0n) is 15.3. The van der Waals surface area contributed by atoms with Crippen LogP contribution in [0.5, 0.6) is 5.75 Å². The number of anilines is 1. The summed E-state index contributed by atoms with van der Waals surface area (Å²) in [7, 11) is 1.59. The molecule has 0 saturated carbocycles. The van der Waals surface area contributed by atoms with Gasteiger partial charge in [0, 0.05) is 54.9 Å². The minimum Gasteiger partial charge on any atom is -0.496 e. The maximum absolute atomic E-state index is 13.4. The summed E-state index contributed by atoms with van der Waals surface area (Å²) < 4.78 is 18.9. The van der Waals surface area contributed by atoms with Crippen LogP contribution >= 0.6 is 0 Å². The molecule has 1 fully saturated rings. The maximum atomic E-state index is 13.4. The van der Waals surface area contributed by atoms with Crippen molar-refractivity contribution in [2.75, 3.05) is 25.1 Å². The molecule has 2 aromatic rings. The lowest BCUT2D eigenvalue weighted by atomic mass is 10.1. The van der Waals surface area contributed by atoms with Crippen LogP contribution in [0, 0.1) is 11.2 Å². The van der Waals surface area contributed by atoms with Gasteiger partial charge in [-0.15, -0.1) is 0 Å². The van der Waals surface area contributed by atoms with Gasteiger partial charge in [0.1, 0.15) is 17.4 Å². The molecule has 0 aliphatic carbocycles. The lowest BCUT2D eigenvalue weighted by Gasteiger charge is -2.24. The number of rotatable bonds is 6. The Morgan fingerprint density at radius 1 is 1.30 bits per heavy atom. The molecule has 5 nitrogen and oxygen atoms in total. The molecule has 0 amide bonds. The molecule has 1 heterocycles. The van der Waals surface area contributed by atoms with Crippen molar-refractivity contribution in [1.29, 1.82) is 5.41 Å². The van der Waals surface area contributed by atoms with Gasteiger partial charge >= 0.3 is 0 Å². The van der Waals surface area contributed by atoms with Gasteiger partial charge in [-0.25, -0.2) is 4.39 Å². The Bertz CT molecular complexity index is 894. The smallest absolute Gasteiger partial charge is 0.128 e. The van der Waals surface area contributed by atoms with Crippen LogP contribution in [0.1, 0.15) is 11.1 Å². The van der Waals surface area contributed by atoms with Crippen LogP contribution in [0.2, 0.25) is 0 Å². The standard InChI is InChI=1S/C21H23FN4O/c1-15-25(14-16-4-3-5-18(22)10-16)8-9-26(15)19-6-7-20(17(12-23)13-24)21(11-19)27-2/h3-7,10-13,23H,1,8-9,14,24H2,2H3/b17-13+,23-12?. The van der Waals surface area contributed by atoms with Crippen LogP contribution in [-0.2, 0) is 6.54 Å².